The van der Waals surface area contributed by atoms with Gasteiger partial charge in [-0.3, -0.25) is 4.98 Å². The normalized spacial score (nSPS) is 18.7. The number of benzene rings is 1. The molecular formula is C13H14N2. The molecule has 1 aliphatic carbocycles. The molecule has 0 radical (unpaired) electrons. The molecule has 15 heavy (non-hydrogen) atoms. The Bertz CT molecular complexity index is 495. The zero-order valence-electron chi connectivity index (χ0n) is 8.61. The Morgan fingerprint density at radius 3 is 2.67 bits per heavy atom. The molecule has 1 heterocycles. The van der Waals surface area contributed by atoms with Crippen LogP contribution in [0.5, 0.6) is 0 Å². The van der Waals surface area contributed by atoms with E-state index >= 15 is 0 Å². The molecule has 0 amide bonds. The van der Waals surface area contributed by atoms with Crippen LogP contribution in [0.3, 0.4) is 0 Å². The molecule has 1 aromatic carbocycles. The molecular weight excluding hydrogens is 184 g/mol. The van der Waals surface area contributed by atoms with Crippen LogP contribution in [0.15, 0.2) is 36.5 Å². The first kappa shape index (κ1) is 8.86. The summed E-state index contributed by atoms with van der Waals surface area (Å²) in [4.78, 5) is 4.36. The fourth-order valence-electron chi connectivity index (χ4n) is 2.36. The monoisotopic (exact) mass is 198 g/mol. The van der Waals surface area contributed by atoms with E-state index in [0.29, 0.717) is 0 Å². The second-order valence-corrected chi connectivity index (χ2v) is 4.39. The Hall–Kier alpha value is -1.41. The number of hydrogen-bond donors (Lipinski definition) is 1. The Labute approximate surface area is 89.1 Å². The van der Waals surface area contributed by atoms with E-state index in [2.05, 4.69) is 23.2 Å². The van der Waals surface area contributed by atoms with Gasteiger partial charge in [-0.2, -0.15) is 0 Å². The van der Waals surface area contributed by atoms with Crippen molar-refractivity contribution in [3.05, 3.63) is 42.1 Å². The molecule has 0 atom stereocenters. The zero-order valence-corrected chi connectivity index (χ0v) is 8.61. The lowest BCUT2D eigenvalue weighted by Gasteiger charge is -2.39. The summed E-state index contributed by atoms with van der Waals surface area (Å²) < 4.78 is 0. The second-order valence-electron chi connectivity index (χ2n) is 4.39. The van der Waals surface area contributed by atoms with Crippen molar-refractivity contribution in [3.63, 3.8) is 0 Å². The third-order valence-electron chi connectivity index (χ3n) is 3.43. The van der Waals surface area contributed by atoms with Gasteiger partial charge in [0.05, 0.1) is 5.52 Å². The predicted molar refractivity (Wildman–Crippen MR) is 61.5 cm³/mol. The van der Waals surface area contributed by atoms with Crippen LogP contribution in [0.2, 0.25) is 0 Å². The summed E-state index contributed by atoms with van der Waals surface area (Å²) >= 11 is 0. The van der Waals surface area contributed by atoms with Crippen LogP contribution >= 0.6 is 0 Å². The Morgan fingerprint density at radius 2 is 1.93 bits per heavy atom. The van der Waals surface area contributed by atoms with Gasteiger partial charge < -0.3 is 5.73 Å². The van der Waals surface area contributed by atoms with E-state index in [9.17, 15) is 0 Å². The molecule has 0 bridgehead atoms. The van der Waals surface area contributed by atoms with Gasteiger partial charge in [0, 0.05) is 17.1 Å². The van der Waals surface area contributed by atoms with Crippen molar-refractivity contribution in [3.8, 4) is 0 Å². The number of fused-ring (bicyclic) bond motifs is 1. The maximum absolute atomic E-state index is 6.36. The van der Waals surface area contributed by atoms with Gasteiger partial charge in [0.2, 0.25) is 0 Å². The average molecular weight is 198 g/mol. The van der Waals surface area contributed by atoms with Crippen molar-refractivity contribution < 1.29 is 0 Å². The quantitative estimate of drug-likeness (QED) is 0.764. The molecule has 1 aromatic heterocycles. The first-order valence-corrected chi connectivity index (χ1v) is 5.43. The lowest BCUT2D eigenvalue weighted by atomic mass is 9.72. The van der Waals surface area contributed by atoms with Crippen molar-refractivity contribution in [2.24, 2.45) is 5.73 Å². The topological polar surface area (TPSA) is 38.9 Å². The summed E-state index contributed by atoms with van der Waals surface area (Å²) in [6.45, 7) is 0. The summed E-state index contributed by atoms with van der Waals surface area (Å²) in [6.07, 6.45) is 5.31. The molecule has 1 saturated carbocycles. The van der Waals surface area contributed by atoms with Gasteiger partial charge in [-0.25, -0.2) is 0 Å². The summed E-state index contributed by atoms with van der Waals surface area (Å²) in [5, 5.41) is 1.21. The largest absolute Gasteiger partial charge is 0.321 e. The van der Waals surface area contributed by atoms with Gasteiger partial charge in [-0.05, 0) is 37.0 Å². The lowest BCUT2D eigenvalue weighted by Crippen LogP contribution is -2.43. The van der Waals surface area contributed by atoms with Gasteiger partial charge >= 0.3 is 0 Å². The lowest BCUT2D eigenvalue weighted by molar-refractivity contribution is 0.256. The Balaban J connectivity index is 2.26. The molecule has 1 fully saturated rings. The number of para-hydroxylation sites is 1. The summed E-state index contributed by atoms with van der Waals surface area (Å²) in [7, 11) is 0. The van der Waals surface area contributed by atoms with Crippen LogP contribution in [0.25, 0.3) is 10.9 Å². The van der Waals surface area contributed by atoms with E-state index in [-0.39, 0.29) is 5.54 Å². The number of nitrogens with two attached hydrogens (primary N) is 1. The van der Waals surface area contributed by atoms with E-state index in [4.69, 9.17) is 5.73 Å². The van der Waals surface area contributed by atoms with Crippen LogP contribution in [-0.2, 0) is 5.54 Å². The van der Waals surface area contributed by atoms with E-state index < -0.39 is 0 Å². The minimum absolute atomic E-state index is 0.0947. The molecule has 0 unspecified atom stereocenters. The predicted octanol–water partition coefficient (Wildman–Crippen LogP) is 2.57. The maximum Gasteiger partial charge on any atom is 0.0705 e. The fraction of sp³-hybridized carbons (Fsp3) is 0.308. The van der Waals surface area contributed by atoms with Crippen molar-refractivity contribution in [1.82, 2.24) is 4.98 Å². The van der Waals surface area contributed by atoms with Crippen LogP contribution in [0.4, 0.5) is 0 Å². The first-order valence-electron chi connectivity index (χ1n) is 5.43. The van der Waals surface area contributed by atoms with Crippen LogP contribution in [-0.4, -0.2) is 4.98 Å². The van der Waals surface area contributed by atoms with Gasteiger partial charge in [-0.15, -0.1) is 0 Å². The Kier molecular flexibility index (Phi) is 1.80. The third-order valence-corrected chi connectivity index (χ3v) is 3.43. The number of pyridine rings is 1. The maximum atomic E-state index is 6.36. The third kappa shape index (κ3) is 1.25. The molecule has 0 saturated heterocycles. The molecule has 3 rings (SSSR count). The van der Waals surface area contributed by atoms with Crippen molar-refractivity contribution in [2.45, 2.75) is 24.8 Å². The SMILES string of the molecule is NC1(c2ccnc3ccccc23)CCC1. The standard InChI is InChI=1S/C13H14N2/c14-13(7-3-8-13)11-6-9-15-12-5-2-1-4-10(11)12/h1-2,4-6,9H,3,7-8,14H2. The van der Waals surface area contributed by atoms with Crippen molar-refractivity contribution in [1.29, 1.82) is 0 Å². The van der Waals surface area contributed by atoms with Crippen LogP contribution in [0.1, 0.15) is 24.8 Å². The Morgan fingerprint density at radius 1 is 1.13 bits per heavy atom. The highest BCUT2D eigenvalue weighted by Gasteiger charge is 2.35. The molecule has 2 aromatic rings. The summed E-state index contributed by atoms with van der Waals surface area (Å²) in [5.41, 5.74) is 8.58. The van der Waals surface area contributed by atoms with E-state index in [1.165, 1.54) is 17.4 Å². The summed E-state index contributed by atoms with van der Waals surface area (Å²) in [5.74, 6) is 0. The fourth-order valence-corrected chi connectivity index (χ4v) is 2.36. The molecule has 76 valence electrons. The second kappa shape index (κ2) is 3.04. The number of aromatic nitrogens is 1. The van der Waals surface area contributed by atoms with Crippen LogP contribution in [0, 0.1) is 0 Å². The van der Waals surface area contributed by atoms with E-state index in [1.807, 2.05) is 18.3 Å². The summed E-state index contributed by atoms with van der Waals surface area (Å²) in [6, 6.07) is 10.3. The van der Waals surface area contributed by atoms with E-state index in [0.717, 1.165) is 18.4 Å². The molecule has 0 aliphatic heterocycles. The molecule has 0 spiro atoms. The molecule has 2 nitrogen and oxygen atoms in total. The van der Waals surface area contributed by atoms with Crippen molar-refractivity contribution in [2.75, 3.05) is 0 Å². The number of hydrogen-bond acceptors (Lipinski definition) is 2. The number of rotatable bonds is 1. The highest BCUT2D eigenvalue weighted by Crippen LogP contribution is 2.40. The highest BCUT2D eigenvalue weighted by molar-refractivity contribution is 5.83. The smallest absolute Gasteiger partial charge is 0.0705 e. The molecule has 2 heteroatoms. The molecule has 2 N–H and O–H groups in total. The van der Waals surface area contributed by atoms with Gasteiger partial charge in [0.25, 0.3) is 0 Å². The van der Waals surface area contributed by atoms with Crippen molar-refractivity contribution >= 4 is 10.9 Å². The highest BCUT2D eigenvalue weighted by atomic mass is 14.8. The minimum atomic E-state index is -0.0947. The zero-order chi connectivity index (χ0) is 10.3. The molecule has 1 aliphatic rings. The number of nitrogens with zero attached hydrogens (tertiary/aromatic N) is 1. The average Bonchev–Trinajstić information content (AvgIpc) is 2.25. The first-order chi connectivity index (χ1) is 7.30. The van der Waals surface area contributed by atoms with Gasteiger partial charge in [0.1, 0.15) is 0 Å². The van der Waals surface area contributed by atoms with Gasteiger partial charge in [0.15, 0.2) is 0 Å². The van der Waals surface area contributed by atoms with Gasteiger partial charge in [-0.1, -0.05) is 18.2 Å². The minimum Gasteiger partial charge on any atom is -0.321 e. The van der Waals surface area contributed by atoms with Crippen LogP contribution < -0.4 is 5.73 Å². The van der Waals surface area contributed by atoms with E-state index in [1.54, 1.807) is 0 Å².